The Morgan fingerprint density at radius 2 is 1.21 bits per heavy atom. The molecule has 0 unspecified atom stereocenters. The zero-order valence-corrected chi connectivity index (χ0v) is 14.9. The third-order valence-corrected chi connectivity index (χ3v) is 4.44. The van der Waals surface area contributed by atoms with Gasteiger partial charge in [-0.1, -0.05) is 43.7 Å². The molecule has 0 aliphatic carbocycles. The molecule has 0 spiro atoms. The van der Waals surface area contributed by atoms with Gasteiger partial charge in [0.25, 0.3) is 0 Å². The normalized spacial score (nSPS) is 11.7. The molecule has 0 saturated heterocycles. The number of hydrogen-bond acceptors (Lipinski definition) is 0. The van der Waals surface area contributed by atoms with Crippen LogP contribution in [0.15, 0.2) is 54.6 Å². The molecule has 0 saturated carbocycles. The Morgan fingerprint density at radius 1 is 0.679 bits per heavy atom. The van der Waals surface area contributed by atoms with Crippen LogP contribution in [0.1, 0.15) is 24.5 Å². The number of hydrogen-bond donors (Lipinski definition) is 0. The fourth-order valence-electron chi connectivity index (χ4n) is 3.07. The van der Waals surface area contributed by atoms with Crippen molar-refractivity contribution in [1.29, 1.82) is 0 Å². The van der Waals surface area contributed by atoms with Crippen LogP contribution < -0.4 is 0 Å². The first-order valence-electron chi connectivity index (χ1n) is 8.66. The fourth-order valence-corrected chi connectivity index (χ4v) is 3.07. The summed E-state index contributed by atoms with van der Waals surface area (Å²) in [4.78, 5) is 0. The Hall–Kier alpha value is -2.76. The molecule has 0 atom stereocenters. The molecule has 0 radical (unpaired) electrons. The average molecular weight is 394 g/mol. The zero-order chi connectivity index (χ0) is 20.5. The maximum Gasteiger partial charge on any atom is 0.419 e. The van der Waals surface area contributed by atoms with E-state index in [4.69, 9.17) is 0 Å². The van der Waals surface area contributed by atoms with Gasteiger partial charge in [0.15, 0.2) is 0 Å². The van der Waals surface area contributed by atoms with E-state index in [1.165, 1.54) is 18.2 Å². The minimum absolute atomic E-state index is 0.0340. The minimum atomic E-state index is -4.83. The summed E-state index contributed by atoms with van der Waals surface area (Å²) in [5, 5.41) is 0. The highest BCUT2D eigenvalue weighted by molar-refractivity contribution is 5.71. The van der Waals surface area contributed by atoms with Crippen molar-refractivity contribution in [3.8, 4) is 22.3 Å². The Labute approximate surface area is 158 Å². The smallest absolute Gasteiger partial charge is 0.206 e. The molecular formula is C22H16F6. The van der Waals surface area contributed by atoms with E-state index in [0.29, 0.717) is 12.1 Å². The minimum Gasteiger partial charge on any atom is -0.206 e. The highest BCUT2D eigenvalue weighted by Crippen LogP contribution is 2.35. The van der Waals surface area contributed by atoms with Gasteiger partial charge in [0.1, 0.15) is 17.5 Å². The van der Waals surface area contributed by atoms with Crippen LogP contribution in [0.3, 0.4) is 0 Å². The molecule has 0 aliphatic heterocycles. The highest BCUT2D eigenvalue weighted by Gasteiger charge is 2.34. The summed E-state index contributed by atoms with van der Waals surface area (Å²) in [6.07, 6.45) is -3.23. The lowest BCUT2D eigenvalue weighted by Gasteiger charge is -2.11. The lowest BCUT2D eigenvalue weighted by Crippen LogP contribution is -2.07. The van der Waals surface area contributed by atoms with Gasteiger partial charge in [-0.15, -0.1) is 0 Å². The molecule has 6 heteroatoms. The molecule has 0 aromatic heterocycles. The molecule has 0 nitrogen and oxygen atoms in total. The number of rotatable bonds is 4. The summed E-state index contributed by atoms with van der Waals surface area (Å²) in [7, 11) is 0. The number of halogens is 6. The summed E-state index contributed by atoms with van der Waals surface area (Å²) in [6.45, 7) is 1.98. The lowest BCUT2D eigenvalue weighted by molar-refractivity contribution is -0.139. The maximum atomic E-state index is 14.6. The molecule has 3 rings (SSSR count). The van der Waals surface area contributed by atoms with E-state index in [0.717, 1.165) is 30.5 Å². The predicted molar refractivity (Wildman–Crippen MR) is 96.2 cm³/mol. The third-order valence-electron chi connectivity index (χ3n) is 4.44. The number of alkyl halides is 3. The number of aryl methyl sites for hydroxylation is 1. The summed E-state index contributed by atoms with van der Waals surface area (Å²) >= 11 is 0. The van der Waals surface area contributed by atoms with Gasteiger partial charge < -0.3 is 0 Å². The monoisotopic (exact) mass is 394 g/mol. The summed E-state index contributed by atoms with van der Waals surface area (Å²) in [5.74, 6) is -2.75. The first kappa shape index (κ1) is 20.0. The van der Waals surface area contributed by atoms with Gasteiger partial charge in [0.2, 0.25) is 0 Å². The van der Waals surface area contributed by atoms with E-state index >= 15 is 0 Å². The van der Waals surface area contributed by atoms with Crippen LogP contribution in [0, 0.1) is 17.5 Å². The fraction of sp³-hybridized carbons (Fsp3) is 0.182. The molecule has 0 heterocycles. The van der Waals surface area contributed by atoms with Crippen LogP contribution in [0.2, 0.25) is 0 Å². The molecule has 28 heavy (non-hydrogen) atoms. The summed E-state index contributed by atoms with van der Waals surface area (Å²) in [6, 6.07) is 10.8. The van der Waals surface area contributed by atoms with Crippen LogP contribution in [0.4, 0.5) is 26.3 Å². The first-order valence-corrected chi connectivity index (χ1v) is 8.66. The SMILES string of the molecule is CCCc1ccc(-c2ccc(-c3ccc(C(F)(F)F)c(F)c3)c(F)c2)c(F)c1. The molecular weight excluding hydrogens is 378 g/mol. The van der Waals surface area contributed by atoms with E-state index in [1.807, 2.05) is 6.92 Å². The second kappa shape index (κ2) is 7.70. The Bertz CT molecular complexity index is 1000. The van der Waals surface area contributed by atoms with E-state index in [1.54, 1.807) is 12.1 Å². The Kier molecular flexibility index (Phi) is 5.49. The van der Waals surface area contributed by atoms with Crippen molar-refractivity contribution < 1.29 is 26.3 Å². The van der Waals surface area contributed by atoms with Gasteiger partial charge in [0, 0.05) is 11.1 Å². The quantitative estimate of drug-likeness (QED) is 0.404. The van der Waals surface area contributed by atoms with Gasteiger partial charge >= 0.3 is 6.18 Å². The van der Waals surface area contributed by atoms with Crippen molar-refractivity contribution in [2.75, 3.05) is 0 Å². The van der Waals surface area contributed by atoms with Crippen LogP contribution in [0.5, 0.6) is 0 Å². The topological polar surface area (TPSA) is 0 Å². The number of benzene rings is 3. The van der Waals surface area contributed by atoms with Crippen molar-refractivity contribution in [2.45, 2.75) is 25.9 Å². The van der Waals surface area contributed by atoms with Crippen molar-refractivity contribution in [2.24, 2.45) is 0 Å². The molecule has 0 N–H and O–H groups in total. The molecule has 3 aromatic rings. The molecule has 0 aliphatic rings. The second-order valence-electron chi connectivity index (χ2n) is 6.45. The van der Waals surface area contributed by atoms with E-state index in [9.17, 15) is 26.3 Å². The van der Waals surface area contributed by atoms with E-state index in [-0.39, 0.29) is 22.3 Å². The van der Waals surface area contributed by atoms with Gasteiger partial charge in [0.05, 0.1) is 5.56 Å². The average Bonchev–Trinajstić information content (AvgIpc) is 2.61. The molecule has 3 aromatic carbocycles. The zero-order valence-electron chi connectivity index (χ0n) is 14.9. The second-order valence-corrected chi connectivity index (χ2v) is 6.45. The van der Waals surface area contributed by atoms with Gasteiger partial charge in [-0.3, -0.25) is 0 Å². The van der Waals surface area contributed by atoms with E-state index in [2.05, 4.69) is 0 Å². The summed E-state index contributed by atoms with van der Waals surface area (Å²) in [5.41, 5.74) is -0.186. The van der Waals surface area contributed by atoms with E-state index < -0.39 is 29.2 Å². The molecule has 0 fully saturated rings. The van der Waals surface area contributed by atoms with Crippen molar-refractivity contribution in [3.63, 3.8) is 0 Å². The molecule has 0 bridgehead atoms. The largest absolute Gasteiger partial charge is 0.419 e. The third kappa shape index (κ3) is 4.06. The highest BCUT2D eigenvalue weighted by atomic mass is 19.4. The van der Waals surface area contributed by atoms with Gasteiger partial charge in [-0.05, 0) is 47.4 Å². The maximum absolute atomic E-state index is 14.6. The van der Waals surface area contributed by atoms with Crippen LogP contribution in [0.25, 0.3) is 22.3 Å². The lowest BCUT2D eigenvalue weighted by atomic mass is 9.97. The van der Waals surface area contributed by atoms with Crippen molar-refractivity contribution in [3.05, 3.63) is 83.2 Å². The molecule has 0 amide bonds. The summed E-state index contributed by atoms with van der Waals surface area (Å²) < 4.78 is 80.7. The van der Waals surface area contributed by atoms with Crippen LogP contribution in [-0.2, 0) is 12.6 Å². The van der Waals surface area contributed by atoms with Crippen molar-refractivity contribution in [1.82, 2.24) is 0 Å². The van der Waals surface area contributed by atoms with Crippen LogP contribution >= 0.6 is 0 Å². The van der Waals surface area contributed by atoms with Gasteiger partial charge in [-0.25, -0.2) is 13.2 Å². The molecule has 146 valence electrons. The standard InChI is InChI=1S/C22H16F6/c1-2-3-13-4-7-16(19(23)10-13)14-5-8-17(20(24)11-14)15-6-9-18(21(25)12-15)22(26,27)28/h4-12H,2-3H2,1H3. The van der Waals surface area contributed by atoms with Crippen LogP contribution in [-0.4, -0.2) is 0 Å². The van der Waals surface area contributed by atoms with Crippen molar-refractivity contribution >= 4 is 0 Å². The van der Waals surface area contributed by atoms with Gasteiger partial charge in [-0.2, -0.15) is 13.2 Å². The first-order chi connectivity index (χ1) is 13.2. The Balaban J connectivity index is 1.96. The Morgan fingerprint density at radius 3 is 1.71 bits per heavy atom. The predicted octanol–water partition coefficient (Wildman–Crippen LogP) is 7.41.